The van der Waals surface area contributed by atoms with Crippen molar-refractivity contribution in [2.75, 3.05) is 0 Å². The van der Waals surface area contributed by atoms with E-state index in [9.17, 15) is 4.79 Å². The van der Waals surface area contributed by atoms with Gasteiger partial charge < -0.3 is 4.74 Å². The van der Waals surface area contributed by atoms with E-state index in [2.05, 4.69) is 41.6 Å². The molecular formula is C21H23IO2. The Labute approximate surface area is 157 Å². The molecule has 24 heavy (non-hydrogen) atoms. The van der Waals surface area contributed by atoms with Crippen LogP contribution in [0.4, 0.5) is 0 Å². The van der Waals surface area contributed by atoms with Gasteiger partial charge in [-0.2, -0.15) is 0 Å². The lowest BCUT2D eigenvalue weighted by molar-refractivity contribution is -0.161. The van der Waals surface area contributed by atoms with E-state index in [0.29, 0.717) is 9.84 Å². The van der Waals surface area contributed by atoms with Crippen molar-refractivity contribution in [1.29, 1.82) is 0 Å². The molecule has 3 heteroatoms. The number of hydrogen-bond acceptors (Lipinski definition) is 2. The predicted molar refractivity (Wildman–Crippen MR) is 105 cm³/mol. The summed E-state index contributed by atoms with van der Waals surface area (Å²) in [6.45, 7) is 4.12. The Bertz CT molecular complexity index is 671. The Morgan fingerprint density at radius 1 is 1.08 bits per heavy atom. The summed E-state index contributed by atoms with van der Waals surface area (Å²) >= 11 is 2.51. The first-order valence-corrected chi connectivity index (χ1v) is 9.82. The van der Waals surface area contributed by atoms with E-state index in [0.717, 1.165) is 12.0 Å². The molecule has 0 heterocycles. The normalized spacial score (nSPS) is 27.1. The third kappa shape index (κ3) is 3.37. The van der Waals surface area contributed by atoms with E-state index in [-0.39, 0.29) is 23.9 Å². The Morgan fingerprint density at radius 2 is 1.67 bits per heavy atom. The molecule has 0 aliphatic heterocycles. The first kappa shape index (κ1) is 17.5. The van der Waals surface area contributed by atoms with Crippen LogP contribution in [0.3, 0.4) is 0 Å². The quantitative estimate of drug-likeness (QED) is 0.351. The van der Waals surface area contributed by atoms with Gasteiger partial charge in [0.05, 0.1) is 5.92 Å². The number of halogens is 1. The maximum Gasteiger partial charge on any atom is 0.310 e. The monoisotopic (exact) mass is 434 g/mol. The van der Waals surface area contributed by atoms with Gasteiger partial charge in [0, 0.05) is 9.84 Å². The maximum atomic E-state index is 12.9. The summed E-state index contributed by atoms with van der Waals surface area (Å²) in [5.74, 6) is 0.559. The van der Waals surface area contributed by atoms with Crippen LogP contribution in [0.1, 0.15) is 43.4 Å². The van der Waals surface area contributed by atoms with E-state index in [4.69, 9.17) is 4.74 Å². The van der Waals surface area contributed by atoms with Gasteiger partial charge in [-0.15, -0.1) is 0 Å². The van der Waals surface area contributed by atoms with Gasteiger partial charge in [-0.25, -0.2) is 0 Å². The molecule has 0 N–H and O–H groups in total. The molecule has 126 valence electrons. The lowest BCUT2D eigenvalue weighted by Crippen LogP contribution is -2.50. The lowest BCUT2D eigenvalue weighted by atomic mass is 9.61. The third-order valence-electron chi connectivity index (χ3n) is 5.09. The molecule has 5 atom stereocenters. The van der Waals surface area contributed by atoms with Crippen LogP contribution >= 0.6 is 22.6 Å². The molecule has 2 aromatic carbocycles. The van der Waals surface area contributed by atoms with Gasteiger partial charge in [0.15, 0.2) is 0 Å². The number of carbonyl (C=O) groups is 1. The van der Waals surface area contributed by atoms with Gasteiger partial charge in [0.25, 0.3) is 0 Å². The minimum absolute atomic E-state index is 0.0366. The Balaban J connectivity index is 1.76. The zero-order chi connectivity index (χ0) is 17.1. The first-order valence-electron chi connectivity index (χ1n) is 8.58. The number of rotatable bonds is 5. The number of ether oxygens (including phenoxy) is 1. The number of esters is 1. The highest BCUT2D eigenvalue weighted by Crippen LogP contribution is 2.54. The molecular weight excluding hydrogens is 411 g/mol. The fourth-order valence-electron chi connectivity index (χ4n) is 3.70. The second-order valence-corrected chi connectivity index (χ2v) is 7.91. The van der Waals surface area contributed by atoms with E-state index >= 15 is 0 Å². The average Bonchev–Trinajstić information content (AvgIpc) is 2.61. The summed E-state index contributed by atoms with van der Waals surface area (Å²) < 4.78 is 6.32. The number of carbonyl (C=O) groups excluding carboxylic acids is 1. The van der Waals surface area contributed by atoms with Crippen molar-refractivity contribution in [1.82, 2.24) is 0 Å². The summed E-state index contributed by atoms with van der Waals surface area (Å²) in [6.07, 6.45) is 0.803. The molecule has 1 aliphatic rings. The summed E-state index contributed by atoms with van der Waals surface area (Å²) in [5.41, 5.74) is 2.29. The van der Waals surface area contributed by atoms with Crippen LogP contribution < -0.4 is 0 Å². The second-order valence-electron chi connectivity index (χ2n) is 6.47. The number of benzene rings is 2. The summed E-state index contributed by atoms with van der Waals surface area (Å²) in [4.78, 5) is 12.9. The molecule has 1 saturated carbocycles. The Morgan fingerprint density at radius 3 is 2.25 bits per heavy atom. The standard InChI is InChI=1S/C21H23IO2/c1-3-17-19(18(20(17)22)16-12-8-5-9-13-16)21(23)24-14(2)15-10-6-4-7-11-15/h4-14,17-20H,3H2,1-2H3/t14-,17-,18-,19+,20-/m0/s1. The van der Waals surface area contributed by atoms with Crippen LogP contribution in [0.15, 0.2) is 60.7 Å². The minimum Gasteiger partial charge on any atom is -0.458 e. The predicted octanol–water partition coefficient (Wildman–Crippen LogP) is 5.53. The molecule has 1 aliphatic carbocycles. The minimum atomic E-state index is -0.208. The van der Waals surface area contributed by atoms with Crippen LogP contribution in [0, 0.1) is 11.8 Å². The van der Waals surface area contributed by atoms with Crippen molar-refractivity contribution in [3.05, 3.63) is 71.8 Å². The molecule has 2 aromatic rings. The molecule has 0 bridgehead atoms. The molecule has 3 rings (SSSR count). The molecule has 0 unspecified atom stereocenters. The third-order valence-corrected chi connectivity index (χ3v) is 6.79. The molecule has 0 saturated heterocycles. The van der Waals surface area contributed by atoms with Crippen molar-refractivity contribution in [3.8, 4) is 0 Å². The van der Waals surface area contributed by atoms with Crippen LogP contribution in [-0.4, -0.2) is 9.89 Å². The van der Waals surface area contributed by atoms with Crippen molar-refractivity contribution in [3.63, 3.8) is 0 Å². The zero-order valence-corrected chi connectivity index (χ0v) is 16.2. The SMILES string of the molecule is CC[C@@H]1[C@H](I)[C@@H](c2ccccc2)[C@@H]1C(=O)O[C@@H](C)c1ccccc1. The average molecular weight is 434 g/mol. The topological polar surface area (TPSA) is 26.3 Å². The second kappa shape index (κ2) is 7.68. The smallest absolute Gasteiger partial charge is 0.310 e. The van der Waals surface area contributed by atoms with Gasteiger partial charge in [0.1, 0.15) is 6.10 Å². The molecule has 0 spiro atoms. The largest absolute Gasteiger partial charge is 0.458 e. The van der Waals surface area contributed by atoms with Crippen molar-refractivity contribution < 1.29 is 9.53 Å². The lowest BCUT2D eigenvalue weighted by Gasteiger charge is -2.48. The van der Waals surface area contributed by atoms with Crippen LogP contribution in [0.2, 0.25) is 0 Å². The first-order chi connectivity index (χ1) is 11.6. The molecule has 0 radical (unpaired) electrons. The van der Waals surface area contributed by atoms with Gasteiger partial charge >= 0.3 is 5.97 Å². The van der Waals surface area contributed by atoms with Crippen LogP contribution in [0.25, 0.3) is 0 Å². The zero-order valence-electron chi connectivity index (χ0n) is 14.1. The van der Waals surface area contributed by atoms with Gasteiger partial charge in [0.2, 0.25) is 0 Å². The fourth-order valence-corrected chi connectivity index (χ4v) is 5.51. The highest BCUT2D eigenvalue weighted by molar-refractivity contribution is 14.1. The molecule has 1 fully saturated rings. The molecule has 0 amide bonds. The maximum absolute atomic E-state index is 12.9. The molecule has 0 aromatic heterocycles. The fraction of sp³-hybridized carbons (Fsp3) is 0.381. The Kier molecular flexibility index (Phi) is 5.59. The summed E-state index contributed by atoms with van der Waals surface area (Å²) in [5, 5.41) is 0. The van der Waals surface area contributed by atoms with E-state index in [1.807, 2.05) is 55.5 Å². The molecule has 2 nitrogen and oxygen atoms in total. The summed E-state index contributed by atoms with van der Waals surface area (Å²) in [6, 6.07) is 20.3. The number of hydrogen-bond donors (Lipinski definition) is 0. The van der Waals surface area contributed by atoms with E-state index in [1.165, 1.54) is 5.56 Å². The van der Waals surface area contributed by atoms with Crippen molar-refractivity contribution >= 4 is 28.6 Å². The highest BCUT2D eigenvalue weighted by atomic mass is 127. The van der Waals surface area contributed by atoms with Crippen LogP contribution in [-0.2, 0) is 9.53 Å². The highest BCUT2D eigenvalue weighted by Gasteiger charge is 2.53. The number of alkyl halides is 1. The van der Waals surface area contributed by atoms with Crippen molar-refractivity contribution in [2.24, 2.45) is 11.8 Å². The van der Waals surface area contributed by atoms with E-state index in [1.54, 1.807) is 0 Å². The summed E-state index contributed by atoms with van der Waals surface area (Å²) in [7, 11) is 0. The van der Waals surface area contributed by atoms with Crippen LogP contribution in [0.5, 0.6) is 0 Å². The van der Waals surface area contributed by atoms with Gasteiger partial charge in [-0.3, -0.25) is 4.79 Å². The van der Waals surface area contributed by atoms with Crippen molar-refractivity contribution in [2.45, 2.75) is 36.2 Å². The van der Waals surface area contributed by atoms with E-state index < -0.39 is 0 Å². The van der Waals surface area contributed by atoms with Gasteiger partial charge in [-0.05, 0) is 24.0 Å². The Hall–Kier alpha value is -1.36. The van der Waals surface area contributed by atoms with Gasteiger partial charge in [-0.1, -0.05) is 96.6 Å².